The number of hydrazine groups is 1. The number of rotatable bonds is 2. The van der Waals surface area contributed by atoms with Gasteiger partial charge in [0, 0.05) is 3.57 Å². The van der Waals surface area contributed by atoms with Gasteiger partial charge in [-0.05, 0) is 47.2 Å². The van der Waals surface area contributed by atoms with E-state index >= 15 is 0 Å². The highest BCUT2D eigenvalue weighted by Crippen LogP contribution is 2.12. The first-order chi connectivity index (χ1) is 5.77. The van der Waals surface area contributed by atoms with Gasteiger partial charge in [-0.2, -0.15) is 0 Å². The van der Waals surface area contributed by atoms with E-state index in [2.05, 4.69) is 40.1 Å². The van der Waals surface area contributed by atoms with Crippen LogP contribution in [-0.4, -0.2) is 0 Å². The third-order valence-electron chi connectivity index (χ3n) is 1.60. The molecule has 0 atom stereocenters. The zero-order valence-electron chi connectivity index (χ0n) is 6.84. The van der Waals surface area contributed by atoms with Gasteiger partial charge in [-0.15, -0.1) is 0 Å². The smallest absolute Gasteiger partial charge is 0.0514 e. The van der Waals surface area contributed by atoms with Gasteiger partial charge in [-0.3, -0.25) is 5.84 Å². The van der Waals surface area contributed by atoms with E-state index in [0.29, 0.717) is 0 Å². The van der Waals surface area contributed by atoms with Crippen molar-refractivity contribution in [3.63, 3.8) is 0 Å². The fourth-order valence-corrected chi connectivity index (χ4v) is 1.32. The Morgan fingerprint density at radius 2 is 2.00 bits per heavy atom. The van der Waals surface area contributed by atoms with Crippen molar-refractivity contribution in [1.82, 2.24) is 5.43 Å². The first kappa shape index (κ1) is 9.54. The zero-order chi connectivity index (χ0) is 8.97. The largest absolute Gasteiger partial charge is 0.324 e. The van der Waals surface area contributed by atoms with E-state index in [1.54, 1.807) is 0 Å². The van der Waals surface area contributed by atoms with Gasteiger partial charge in [0.25, 0.3) is 0 Å². The van der Waals surface area contributed by atoms with Crippen molar-refractivity contribution in [2.24, 2.45) is 5.84 Å². The van der Waals surface area contributed by atoms with E-state index in [1.807, 2.05) is 25.1 Å². The summed E-state index contributed by atoms with van der Waals surface area (Å²) in [6, 6.07) is 8.18. The Balaban J connectivity index is 2.96. The Bertz CT molecular complexity index is 277. The average Bonchev–Trinajstić information content (AvgIpc) is 2.10. The van der Waals surface area contributed by atoms with Crippen LogP contribution in [-0.2, 0) is 0 Å². The second-order valence-electron chi connectivity index (χ2n) is 2.35. The van der Waals surface area contributed by atoms with E-state index in [-0.39, 0.29) is 0 Å². The molecule has 2 nitrogen and oxygen atoms in total. The normalized spacial score (nSPS) is 11.4. The third kappa shape index (κ3) is 2.22. The fraction of sp³-hybridized carbons (Fsp3) is 0.111. The van der Waals surface area contributed by atoms with Crippen LogP contribution in [0.3, 0.4) is 0 Å². The Kier molecular flexibility index (Phi) is 3.55. The fourth-order valence-electron chi connectivity index (χ4n) is 0.963. The van der Waals surface area contributed by atoms with E-state index in [1.165, 1.54) is 3.57 Å². The van der Waals surface area contributed by atoms with Crippen LogP contribution in [0.4, 0.5) is 0 Å². The number of hydrogen-bond donors (Lipinski definition) is 2. The number of benzene rings is 1. The van der Waals surface area contributed by atoms with Crippen molar-refractivity contribution < 1.29 is 0 Å². The van der Waals surface area contributed by atoms with Crippen LogP contribution >= 0.6 is 22.6 Å². The van der Waals surface area contributed by atoms with Gasteiger partial charge in [0.1, 0.15) is 0 Å². The van der Waals surface area contributed by atoms with E-state index in [9.17, 15) is 0 Å². The molecule has 0 amide bonds. The summed E-state index contributed by atoms with van der Waals surface area (Å²) in [6.07, 6.45) is 1.95. The number of nitrogens with one attached hydrogen (secondary N) is 1. The molecule has 1 aromatic rings. The second-order valence-corrected chi connectivity index (χ2v) is 3.60. The molecule has 0 heterocycles. The Morgan fingerprint density at radius 1 is 1.42 bits per heavy atom. The summed E-state index contributed by atoms with van der Waals surface area (Å²) in [5.74, 6) is 5.33. The molecule has 0 aliphatic heterocycles. The Morgan fingerprint density at radius 3 is 2.42 bits per heavy atom. The Hall–Kier alpha value is -0.550. The van der Waals surface area contributed by atoms with Gasteiger partial charge in [0.15, 0.2) is 0 Å². The van der Waals surface area contributed by atoms with Crippen LogP contribution in [0, 0.1) is 3.57 Å². The summed E-state index contributed by atoms with van der Waals surface area (Å²) in [5.41, 5.74) is 4.71. The van der Waals surface area contributed by atoms with E-state index < -0.39 is 0 Å². The standard InChI is InChI=1S/C9H11IN2/c1-2-9(12-11)7-3-5-8(10)6-4-7/h2-6,12H,11H2,1H3. The molecule has 0 saturated heterocycles. The number of nitrogens with two attached hydrogens (primary N) is 1. The average molecular weight is 274 g/mol. The third-order valence-corrected chi connectivity index (χ3v) is 2.32. The monoisotopic (exact) mass is 274 g/mol. The van der Waals surface area contributed by atoms with Crippen molar-refractivity contribution in [3.05, 3.63) is 39.5 Å². The molecular formula is C9H11IN2. The molecule has 0 aliphatic carbocycles. The number of halogens is 1. The minimum atomic E-state index is 0.950. The van der Waals surface area contributed by atoms with Crippen LogP contribution in [0.2, 0.25) is 0 Å². The van der Waals surface area contributed by atoms with Gasteiger partial charge in [0.2, 0.25) is 0 Å². The molecule has 0 aromatic heterocycles. The molecule has 0 bridgehead atoms. The maximum absolute atomic E-state index is 5.33. The van der Waals surface area contributed by atoms with Crippen LogP contribution < -0.4 is 11.3 Å². The molecule has 1 rings (SSSR count). The summed E-state index contributed by atoms with van der Waals surface area (Å²) < 4.78 is 1.23. The molecule has 0 aliphatic rings. The molecule has 64 valence electrons. The van der Waals surface area contributed by atoms with Gasteiger partial charge >= 0.3 is 0 Å². The minimum absolute atomic E-state index is 0.950. The molecule has 0 saturated carbocycles. The maximum atomic E-state index is 5.33. The molecule has 0 unspecified atom stereocenters. The molecule has 0 fully saturated rings. The molecule has 3 N–H and O–H groups in total. The lowest BCUT2D eigenvalue weighted by atomic mass is 10.1. The minimum Gasteiger partial charge on any atom is -0.324 e. The first-order valence-electron chi connectivity index (χ1n) is 3.67. The molecule has 0 radical (unpaired) electrons. The van der Waals surface area contributed by atoms with E-state index in [4.69, 9.17) is 5.84 Å². The topological polar surface area (TPSA) is 38.0 Å². The van der Waals surface area contributed by atoms with Gasteiger partial charge in [-0.25, -0.2) is 0 Å². The predicted octanol–water partition coefficient (Wildman–Crippen LogP) is 2.12. The second kappa shape index (κ2) is 4.47. The summed E-state index contributed by atoms with van der Waals surface area (Å²) >= 11 is 2.27. The van der Waals surface area contributed by atoms with Crippen molar-refractivity contribution in [2.75, 3.05) is 0 Å². The highest BCUT2D eigenvalue weighted by Gasteiger charge is 1.96. The van der Waals surface area contributed by atoms with Crippen LogP contribution in [0.1, 0.15) is 12.5 Å². The Labute approximate surface area is 86.0 Å². The van der Waals surface area contributed by atoms with Crippen molar-refractivity contribution in [3.8, 4) is 0 Å². The highest BCUT2D eigenvalue weighted by molar-refractivity contribution is 14.1. The highest BCUT2D eigenvalue weighted by atomic mass is 127. The van der Waals surface area contributed by atoms with E-state index in [0.717, 1.165) is 11.3 Å². The molecule has 3 heteroatoms. The van der Waals surface area contributed by atoms with Crippen LogP contribution in [0.5, 0.6) is 0 Å². The summed E-state index contributed by atoms with van der Waals surface area (Å²) in [5, 5.41) is 0. The zero-order valence-corrected chi connectivity index (χ0v) is 9.00. The molecule has 1 aromatic carbocycles. The summed E-state index contributed by atoms with van der Waals surface area (Å²) in [4.78, 5) is 0. The van der Waals surface area contributed by atoms with Crippen molar-refractivity contribution in [2.45, 2.75) is 6.92 Å². The van der Waals surface area contributed by atoms with Gasteiger partial charge in [-0.1, -0.05) is 18.2 Å². The number of hydrogen-bond acceptors (Lipinski definition) is 2. The lowest BCUT2D eigenvalue weighted by Crippen LogP contribution is -2.19. The molecular weight excluding hydrogens is 263 g/mol. The van der Waals surface area contributed by atoms with Gasteiger partial charge in [0.05, 0.1) is 5.70 Å². The lowest BCUT2D eigenvalue weighted by Gasteiger charge is -2.05. The number of allylic oxidation sites excluding steroid dienone is 1. The predicted molar refractivity (Wildman–Crippen MR) is 60.1 cm³/mol. The van der Waals surface area contributed by atoms with Crippen LogP contribution in [0.25, 0.3) is 5.70 Å². The van der Waals surface area contributed by atoms with Gasteiger partial charge < -0.3 is 5.43 Å². The quantitative estimate of drug-likeness (QED) is 0.492. The molecule has 0 spiro atoms. The molecule has 12 heavy (non-hydrogen) atoms. The first-order valence-corrected chi connectivity index (χ1v) is 4.74. The van der Waals surface area contributed by atoms with Crippen molar-refractivity contribution in [1.29, 1.82) is 0 Å². The van der Waals surface area contributed by atoms with Crippen LogP contribution in [0.15, 0.2) is 30.3 Å². The van der Waals surface area contributed by atoms with Crippen molar-refractivity contribution >= 4 is 28.3 Å². The summed E-state index contributed by atoms with van der Waals surface area (Å²) in [6.45, 7) is 1.95. The summed E-state index contributed by atoms with van der Waals surface area (Å²) in [7, 11) is 0. The maximum Gasteiger partial charge on any atom is 0.0514 e. The lowest BCUT2D eigenvalue weighted by molar-refractivity contribution is 0.989. The SMILES string of the molecule is CC=C(NN)c1ccc(I)cc1.